The van der Waals surface area contributed by atoms with Crippen LogP contribution < -0.4 is 10.1 Å². The average Bonchev–Trinajstić information content (AvgIpc) is 3.47. The molecule has 2 aromatic heterocycles. The number of ether oxygens (including phenoxy) is 1. The number of hydrogen-bond acceptors (Lipinski definition) is 4. The normalized spacial score (nSPS) is 11.0. The summed E-state index contributed by atoms with van der Waals surface area (Å²) in [5.41, 5.74) is 4.04. The third kappa shape index (κ3) is 4.86. The second kappa shape index (κ2) is 9.27. The van der Waals surface area contributed by atoms with Crippen molar-refractivity contribution in [3.05, 3.63) is 113 Å². The van der Waals surface area contributed by atoms with Crippen molar-refractivity contribution in [3.63, 3.8) is 0 Å². The summed E-state index contributed by atoms with van der Waals surface area (Å²) in [6, 6.07) is 23.9. The molecule has 6 heteroatoms. The lowest BCUT2D eigenvalue weighted by atomic mass is 10.0. The van der Waals surface area contributed by atoms with Crippen molar-refractivity contribution >= 4 is 22.4 Å². The Morgan fingerprint density at radius 2 is 1.79 bits per heavy atom. The highest BCUT2D eigenvalue weighted by Crippen LogP contribution is 2.21. The first-order valence-corrected chi connectivity index (χ1v) is 11.1. The smallest absolute Gasteiger partial charge is 0.291 e. The van der Waals surface area contributed by atoms with Gasteiger partial charge in [0.05, 0.1) is 18.4 Å². The number of rotatable bonds is 7. The molecule has 0 saturated carbocycles. The van der Waals surface area contributed by atoms with E-state index in [-0.39, 0.29) is 18.3 Å². The molecule has 6 nitrogen and oxygen atoms in total. The van der Waals surface area contributed by atoms with Gasteiger partial charge in [0.2, 0.25) is 0 Å². The van der Waals surface area contributed by atoms with Gasteiger partial charge in [-0.25, -0.2) is 0 Å². The number of fused-ring (bicyclic) bond motifs is 1. The minimum atomic E-state index is -0.331. The van der Waals surface area contributed by atoms with Gasteiger partial charge >= 0.3 is 0 Å². The zero-order valence-corrected chi connectivity index (χ0v) is 19.1. The zero-order chi connectivity index (χ0) is 23.5. The first kappa shape index (κ1) is 21.5. The number of nitrogens with zero attached hydrogens (tertiary/aromatic N) is 2. The van der Waals surface area contributed by atoms with Crippen molar-refractivity contribution in [1.82, 2.24) is 9.78 Å². The van der Waals surface area contributed by atoms with E-state index in [0.29, 0.717) is 18.0 Å². The second-order valence-electron chi connectivity index (χ2n) is 8.40. The topological polar surface area (TPSA) is 69.3 Å². The molecule has 3 aromatic carbocycles. The number of amides is 1. The molecule has 0 fully saturated rings. The van der Waals surface area contributed by atoms with E-state index in [1.54, 1.807) is 18.3 Å². The molecular formula is C28H25N3O3. The molecule has 0 aliphatic heterocycles. The lowest BCUT2D eigenvalue weighted by Gasteiger charge is -2.07. The van der Waals surface area contributed by atoms with E-state index in [1.807, 2.05) is 55.1 Å². The highest BCUT2D eigenvalue weighted by molar-refractivity contribution is 6.02. The summed E-state index contributed by atoms with van der Waals surface area (Å²) in [5.74, 6) is 1.25. The fourth-order valence-electron chi connectivity index (χ4n) is 4.06. The molecule has 0 atom stereocenters. The molecule has 2 heterocycles. The third-order valence-electron chi connectivity index (χ3n) is 5.57. The number of anilines is 1. The summed E-state index contributed by atoms with van der Waals surface area (Å²) in [7, 11) is 0. The summed E-state index contributed by atoms with van der Waals surface area (Å²) in [5, 5.41) is 9.63. The highest BCUT2D eigenvalue weighted by Gasteiger charge is 2.13. The number of carbonyl (C=O) groups excluding carboxylic acids is 1. The number of benzene rings is 3. The second-order valence-corrected chi connectivity index (χ2v) is 8.40. The molecule has 1 amide bonds. The van der Waals surface area contributed by atoms with Crippen molar-refractivity contribution in [2.45, 2.75) is 27.0 Å². The summed E-state index contributed by atoms with van der Waals surface area (Å²) in [4.78, 5) is 12.7. The van der Waals surface area contributed by atoms with Gasteiger partial charge in [0.1, 0.15) is 18.1 Å². The molecule has 0 bridgehead atoms. The molecule has 0 unspecified atom stereocenters. The lowest BCUT2D eigenvalue weighted by Crippen LogP contribution is -2.10. The van der Waals surface area contributed by atoms with Crippen LogP contribution in [-0.4, -0.2) is 15.7 Å². The van der Waals surface area contributed by atoms with Crippen LogP contribution >= 0.6 is 0 Å². The largest absolute Gasteiger partial charge is 0.486 e. The Kier molecular flexibility index (Phi) is 5.87. The minimum Gasteiger partial charge on any atom is -0.486 e. The Labute approximate surface area is 197 Å². The van der Waals surface area contributed by atoms with Gasteiger partial charge in [-0.2, -0.15) is 5.10 Å². The SMILES string of the molecule is Cc1cc(C)cc(OCc2ccc(C(=O)Nc3cnn(Cc4cccc5ccccc45)c3)o2)c1. The molecule has 0 aliphatic rings. The van der Waals surface area contributed by atoms with E-state index in [9.17, 15) is 4.79 Å². The summed E-state index contributed by atoms with van der Waals surface area (Å²) < 4.78 is 13.3. The predicted octanol–water partition coefficient (Wildman–Crippen LogP) is 6.13. The average molecular weight is 452 g/mol. The molecule has 5 aromatic rings. The first-order valence-electron chi connectivity index (χ1n) is 11.1. The summed E-state index contributed by atoms with van der Waals surface area (Å²) >= 11 is 0. The van der Waals surface area contributed by atoms with Gasteiger partial charge in [0.15, 0.2) is 5.76 Å². The van der Waals surface area contributed by atoms with E-state index < -0.39 is 0 Å². The molecule has 5 rings (SSSR count). The maximum atomic E-state index is 12.7. The zero-order valence-electron chi connectivity index (χ0n) is 19.1. The number of carbonyl (C=O) groups is 1. The molecule has 0 aliphatic carbocycles. The maximum absolute atomic E-state index is 12.7. The van der Waals surface area contributed by atoms with Crippen molar-refractivity contribution in [1.29, 1.82) is 0 Å². The van der Waals surface area contributed by atoms with Crippen LogP contribution in [0.2, 0.25) is 0 Å². The predicted molar refractivity (Wildman–Crippen MR) is 132 cm³/mol. The van der Waals surface area contributed by atoms with Crippen molar-refractivity contribution in [2.75, 3.05) is 5.32 Å². The molecular weight excluding hydrogens is 426 g/mol. The van der Waals surface area contributed by atoms with E-state index in [2.05, 4.69) is 40.7 Å². The lowest BCUT2D eigenvalue weighted by molar-refractivity contribution is 0.0992. The fourth-order valence-corrected chi connectivity index (χ4v) is 4.06. The summed E-state index contributed by atoms with van der Waals surface area (Å²) in [6.07, 6.45) is 3.45. The Hall–Kier alpha value is -4.32. The monoisotopic (exact) mass is 451 g/mol. The number of aryl methyl sites for hydroxylation is 2. The van der Waals surface area contributed by atoms with E-state index >= 15 is 0 Å². The number of furan rings is 1. The standard InChI is InChI=1S/C28H25N3O3/c1-19-12-20(2)14-25(13-19)33-18-24-10-11-27(34-24)28(32)30-23-15-29-31(17-23)16-22-8-5-7-21-6-3-4-9-26(21)22/h3-15,17H,16,18H2,1-2H3,(H,30,32). The molecule has 0 radical (unpaired) electrons. The molecule has 0 spiro atoms. The Morgan fingerprint density at radius 3 is 2.65 bits per heavy atom. The van der Waals surface area contributed by atoms with Crippen LogP contribution in [0.5, 0.6) is 5.75 Å². The summed E-state index contributed by atoms with van der Waals surface area (Å²) in [6.45, 7) is 4.91. The number of hydrogen-bond donors (Lipinski definition) is 1. The van der Waals surface area contributed by atoms with Crippen LogP contribution in [0.1, 0.15) is 33.0 Å². The van der Waals surface area contributed by atoms with Gasteiger partial charge in [-0.15, -0.1) is 0 Å². The van der Waals surface area contributed by atoms with Gasteiger partial charge in [-0.05, 0) is 65.6 Å². The highest BCUT2D eigenvalue weighted by atomic mass is 16.5. The van der Waals surface area contributed by atoms with Crippen molar-refractivity contribution in [3.8, 4) is 5.75 Å². The first-order chi connectivity index (χ1) is 16.5. The van der Waals surface area contributed by atoms with Crippen LogP contribution in [0.4, 0.5) is 5.69 Å². The van der Waals surface area contributed by atoms with Crippen molar-refractivity contribution < 1.29 is 13.9 Å². The Bertz CT molecular complexity index is 1440. The Morgan fingerprint density at radius 1 is 1.00 bits per heavy atom. The van der Waals surface area contributed by atoms with Crippen LogP contribution in [-0.2, 0) is 13.2 Å². The van der Waals surface area contributed by atoms with E-state index in [0.717, 1.165) is 16.9 Å². The number of aromatic nitrogens is 2. The van der Waals surface area contributed by atoms with Crippen LogP contribution in [0.25, 0.3) is 10.8 Å². The number of nitrogens with one attached hydrogen (secondary N) is 1. The third-order valence-corrected chi connectivity index (χ3v) is 5.57. The molecule has 1 N–H and O–H groups in total. The van der Waals surface area contributed by atoms with Gasteiger partial charge in [-0.1, -0.05) is 48.5 Å². The van der Waals surface area contributed by atoms with Crippen LogP contribution in [0.3, 0.4) is 0 Å². The fraction of sp³-hybridized carbons (Fsp3) is 0.143. The molecule has 34 heavy (non-hydrogen) atoms. The maximum Gasteiger partial charge on any atom is 0.291 e. The quantitative estimate of drug-likeness (QED) is 0.323. The van der Waals surface area contributed by atoms with Gasteiger partial charge < -0.3 is 14.5 Å². The minimum absolute atomic E-state index is 0.223. The Balaban J connectivity index is 1.21. The van der Waals surface area contributed by atoms with Crippen molar-refractivity contribution in [2.24, 2.45) is 0 Å². The van der Waals surface area contributed by atoms with Gasteiger partial charge in [-0.3, -0.25) is 9.48 Å². The van der Waals surface area contributed by atoms with Crippen LogP contribution in [0, 0.1) is 13.8 Å². The molecule has 0 saturated heterocycles. The van der Waals surface area contributed by atoms with Crippen LogP contribution in [0.15, 0.2) is 89.6 Å². The van der Waals surface area contributed by atoms with E-state index in [4.69, 9.17) is 9.15 Å². The van der Waals surface area contributed by atoms with Gasteiger partial charge in [0.25, 0.3) is 5.91 Å². The molecule has 170 valence electrons. The van der Waals surface area contributed by atoms with Gasteiger partial charge in [0, 0.05) is 6.20 Å². The van der Waals surface area contributed by atoms with E-state index in [1.165, 1.54) is 16.3 Å².